The predicted molar refractivity (Wildman–Crippen MR) is 88.1 cm³/mol. The smallest absolute Gasteiger partial charge is 0.260 e. The van der Waals surface area contributed by atoms with Crippen LogP contribution in [0, 0.1) is 12.7 Å². The molecule has 6 heteroatoms. The van der Waals surface area contributed by atoms with Gasteiger partial charge in [-0.2, -0.15) is 0 Å². The van der Waals surface area contributed by atoms with Crippen LogP contribution in [0.15, 0.2) is 51.0 Å². The number of halogens is 1. The van der Waals surface area contributed by atoms with Gasteiger partial charge in [-0.3, -0.25) is 4.79 Å². The van der Waals surface area contributed by atoms with E-state index in [4.69, 9.17) is 4.42 Å². The highest BCUT2D eigenvalue weighted by Crippen LogP contribution is 2.31. The molecule has 0 bridgehead atoms. The molecule has 3 aromatic heterocycles. The van der Waals surface area contributed by atoms with Crippen LogP contribution >= 0.6 is 11.3 Å². The van der Waals surface area contributed by atoms with Crippen LogP contribution in [-0.2, 0) is 0 Å². The van der Waals surface area contributed by atoms with Crippen LogP contribution in [0.2, 0.25) is 0 Å². The molecule has 1 aromatic carbocycles. The van der Waals surface area contributed by atoms with Crippen molar-refractivity contribution < 1.29 is 8.81 Å². The van der Waals surface area contributed by atoms with Crippen molar-refractivity contribution in [3.8, 4) is 22.7 Å². The van der Waals surface area contributed by atoms with Crippen molar-refractivity contribution in [2.24, 2.45) is 0 Å². The standard InChI is InChI=1S/C17H11FN2O2S/c1-9-2-7-13(22-9)15-19-16(21)14-12(8-23-17(14)20-15)10-3-5-11(18)6-4-10/h2-8H,1H3,(H,19,20,21). The molecule has 0 aliphatic heterocycles. The number of nitrogens with zero attached hydrogens (tertiary/aromatic N) is 1. The van der Waals surface area contributed by atoms with Gasteiger partial charge in [0, 0.05) is 10.9 Å². The molecule has 3 heterocycles. The molecule has 0 fully saturated rings. The maximum Gasteiger partial charge on any atom is 0.260 e. The van der Waals surface area contributed by atoms with Gasteiger partial charge in [0.25, 0.3) is 5.56 Å². The fraction of sp³-hybridized carbons (Fsp3) is 0.0588. The molecule has 1 N–H and O–H groups in total. The fourth-order valence-electron chi connectivity index (χ4n) is 2.47. The number of hydrogen-bond acceptors (Lipinski definition) is 4. The van der Waals surface area contributed by atoms with Gasteiger partial charge >= 0.3 is 0 Å². The predicted octanol–water partition coefficient (Wildman–Crippen LogP) is 4.36. The van der Waals surface area contributed by atoms with Crippen LogP contribution in [0.1, 0.15) is 5.76 Å². The summed E-state index contributed by atoms with van der Waals surface area (Å²) in [5.41, 5.74) is 1.30. The summed E-state index contributed by atoms with van der Waals surface area (Å²) in [4.78, 5) is 20.4. The second kappa shape index (κ2) is 5.17. The summed E-state index contributed by atoms with van der Waals surface area (Å²) in [6.07, 6.45) is 0. The molecule has 4 nitrogen and oxygen atoms in total. The number of benzene rings is 1. The van der Waals surface area contributed by atoms with E-state index in [0.717, 1.165) is 16.9 Å². The van der Waals surface area contributed by atoms with E-state index < -0.39 is 0 Å². The Balaban J connectivity index is 1.90. The zero-order valence-electron chi connectivity index (χ0n) is 12.1. The first-order valence-corrected chi connectivity index (χ1v) is 7.84. The van der Waals surface area contributed by atoms with Gasteiger partial charge in [0.2, 0.25) is 0 Å². The number of H-pyrrole nitrogens is 1. The minimum absolute atomic E-state index is 0.236. The summed E-state index contributed by atoms with van der Waals surface area (Å²) in [6, 6.07) is 9.65. The molecule has 0 spiro atoms. The van der Waals surface area contributed by atoms with Crippen LogP contribution in [0.25, 0.3) is 32.9 Å². The van der Waals surface area contributed by atoms with E-state index in [0.29, 0.717) is 21.8 Å². The first kappa shape index (κ1) is 13.9. The molecule has 0 saturated carbocycles. The SMILES string of the molecule is Cc1ccc(-c2nc3scc(-c4ccc(F)cc4)c3c(=O)[nH]2)o1. The third kappa shape index (κ3) is 2.37. The van der Waals surface area contributed by atoms with Crippen molar-refractivity contribution in [3.63, 3.8) is 0 Å². The van der Waals surface area contributed by atoms with Gasteiger partial charge in [-0.25, -0.2) is 9.37 Å². The Bertz CT molecular complexity index is 1060. The molecule has 0 aliphatic rings. The number of thiophene rings is 1. The fourth-order valence-corrected chi connectivity index (χ4v) is 3.42. The third-order valence-corrected chi connectivity index (χ3v) is 4.45. The Morgan fingerprint density at radius 3 is 2.65 bits per heavy atom. The largest absolute Gasteiger partial charge is 0.458 e. The average Bonchev–Trinajstić information content (AvgIpc) is 3.14. The highest BCUT2D eigenvalue weighted by molar-refractivity contribution is 7.17. The number of rotatable bonds is 2. The van der Waals surface area contributed by atoms with Crippen LogP contribution < -0.4 is 5.56 Å². The van der Waals surface area contributed by atoms with E-state index >= 15 is 0 Å². The minimum Gasteiger partial charge on any atom is -0.458 e. The zero-order chi connectivity index (χ0) is 16.0. The number of aromatic amines is 1. The summed E-state index contributed by atoms with van der Waals surface area (Å²) in [5, 5.41) is 2.37. The van der Waals surface area contributed by atoms with Crippen molar-refractivity contribution in [2.45, 2.75) is 6.92 Å². The van der Waals surface area contributed by atoms with Gasteiger partial charge in [0.1, 0.15) is 16.4 Å². The number of fused-ring (bicyclic) bond motifs is 1. The van der Waals surface area contributed by atoms with Gasteiger partial charge in [-0.1, -0.05) is 12.1 Å². The van der Waals surface area contributed by atoms with E-state index in [1.807, 2.05) is 18.4 Å². The molecule has 0 aliphatic carbocycles. The Morgan fingerprint density at radius 2 is 1.96 bits per heavy atom. The first-order chi connectivity index (χ1) is 11.1. The summed E-state index contributed by atoms with van der Waals surface area (Å²) in [5.74, 6) is 1.37. The first-order valence-electron chi connectivity index (χ1n) is 6.96. The van der Waals surface area contributed by atoms with E-state index in [2.05, 4.69) is 9.97 Å². The molecular weight excluding hydrogens is 315 g/mol. The zero-order valence-corrected chi connectivity index (χ0v) is 12.9. The normalized spacial score (nSPS) is 11.2. The van der Waals surface area contributed by atoms with E-state index in [1.54, 1.807) is 18.2 Å². The summed E-state index contributed by atoms with van der Waals surface area (Å²) in [6.45, 7) is 1.83. The van der Waals surface area contributed by atoms with Crippen molar-refractivity contribution in [2.75, 3.05) is 0 Å². The molecular formula is C17H11FN2O2S. The summed E-state index contributed by atoms with van der Waals surface area (Å²) < 4.78 is 18.6. The second-order valence-electron chi connectivity index (χ2n) is 5.16. The Hall–Kier alpha value is -2.73. The molecule has 0 unspecified atom stereocenters. The molecule has 0 amide bonds. The van der Waals surface area contributed by atoms with Crippen molar-refractivity contribution in [3.05, 3.63) is 63.7 Å². The molecule has 4 aromatic rings. The summed E-state index contributed by atoms with van der Waals surface area (Å²) >= 11 is 1.38. The molecule has 114 valence electrons. The number of aryl methyl sites for hydroxylation is 1. The Morgan fingerprint density at radius 1 is 1.17 bits per heavy atom. The van der Waals surface area contributed by atoms with Crippen molar-refractivity contribution in [1.29, 1.82) is 0 Å². The lowest BCUT2D eigenvalue weighted by molar-refractivity contribution is 0.544. The van der Waals surface area contributed by atoms with Crippen LogP contribution in [-0.4, -0.2) is 9.97 Å². The Labute approximate surface area is 134 Å². The lowest BCUT2D eigenvalue weighted by atomic mass is 10.1. The van der Waals surface area contributed by atoms with E-state index in [-0.39, 0.29) is 11.4 Å². The lowest BCUT2D eigenvalue weighted by Gasteiger charge is -2.00. The topological polar surface area (TPSA) is 58.9 Å². The van der Waals surface area contributed by atoms with Crippen LogP contribution in [0.3, 0.4) is 0 Å². The third-order valence-electron chi connectivity index (χ3n) is 3.57. The maximum absolute atomic E-state index is 13.1. The molecule has 0 saturated heterocycles. The molecule has 0 atom stereocenters. The molecule has 0 radical (unpaired) electrons. The van der Waals surface area contributed by atoms with Crippen molar-refractivity contribution in [1.82, 2.24) is 9.97 Å². The summed E-state index contributed by atoms with van der Waals surface area (Å²) in [7, 11) is 0. The van der Waals surface area contributed by atoms with Gasteiger partial charge in [-0.05, 0) is 36.8 Å². The number of aromatic nitrogens is 2. The average molecular weight is 326 g/mol. The van der Waals surface area contributed by atoms with Gasteiger partial charge < -0.3 is 9.40 Å². The van der Waals surface area contributed by atoms with Gasteiger partial charge in [-0.15, -0.1) is 11.3 Å². The number of furan rings is 1. The van der Waals surface area contributed by atoms with E-state index in [1.165, 1.54) is 23.5 Å². The monoisotopic (exact) mass is 326 g/mol. The number of hydrogen-bond donors (Lipinski definition) is 1. The quantitative estimate of drug-likeness (QED) is 0.595. The van der Waals surface area contributed by atoms with Crippen molar-refractivity contribution >= 4 is 21.6 Å². The van der Waals surface area contributed by atoms with Gasteiger partial charge in [0.05, 0.1) is 5.39 Å². The highest BCUT2D eigenvalue weighted by Gasteiger charge is 2.15. The lowest BCUT2D eigenvalue weighted by Crippen LogP contribution is -2.08. The van der Waals surface area contributed by atoms with Crippen LogP contribution in [0.5, 0.6) is 0 Å². The van der Waals surface area contributed by atoms with Crippen LogP contribution in [0.4, 0.5) is 4.39 Å². The van der Waals surface area contributed by atoms with E-state index in [9.17, 15) is 9.18 Å². The molecule has 4 rings (SSSR count). The maximum atomic E-state index is 13.1. The second-order valence-corrected chi connectivity index (χ2v) is 6.02. The molecule has 23 heavy (non-hydrogen) atoms. The van der Waals surface area contributed by atoms with Gasteiger partial charge in [0.15, 0.2) is 11.6 Å². The Kier molecular flexibility index (Phi) is 3.12. The number of nitrogens with one attached hydrogen (secondary N) is 1. The minimum atomic E-state index is -0.309. The highest BCUT2D eigenvalue weighted by atomic mass is 32.1.